The highest BCUT2D eigenvalue weighted by molar-refractivity contribution is 7.46. The number of ether oxygens (including phenoxy) is 2. The lowest BCUT2D eigenvalue weighted by atomic mass is 10.0. The lowest BCUT2D eigenvalue weighted by Gasteiger charge is -2.18. The van der Waals surface area contributed by atoms with Crippen LogP contribution in [-0.2, 0) is 28.2 Å². The van der Waals surface area contributed by atoms with E-state index in [1.54, 1.807) is 6.08 Å². The summed E-state index contributed by atoms with van der Waals surface area (Å²) in [6.45, 7) is 3.44. The van der Waals surface area contributed by atoms with Gasteiger partial charge in [0.2, 0.25) is 0 Å². The van der Waals surface area contributed by atoms with Gasteiger partial charge >= 0.3 is 19.8 Å². The SMILES string of the molecule is CC/C=C/CC(O)/C=C/C=C/CCCCCCCC(=O)OC[C@H](COP(=O)(O)O)OC(=O)CCCCCCCCCCCCCCC. The van der Waals surface area contributed by atoms with Gasteiger partial charge in [0.1, 0.15) is 6.61 Å². The zero-order valence-corrected chi connectivity index (χ0v) is 30.4. The fourth-order valence-electron chi connectivity index (χ4n) is 5.00. The van der Waals surface area contributed by atoms with Crippen molar-refractivity contribution in [1.82, 2.24) is 0 Å². The van der Waals surface area contributed by atoms with E-state index in [0.29, 0.717) is 19.3 Å². The molecule has 1 unspecified atom stereocenters. The normalized spacial score (nSPS) is 13.6. The van der Waals surface area contributed by atoms with Crippen molar-refractivity contribution in [3.63, 3.8) is 0 Å². The molecule has 0 bridgehead atoms. The molecule has 0 aliphatic carbocycles. The van der Waals surface area contributed by atoms with Crippen molar-refractivity contribution in [2.24, 2.45) is 0 Å². The molecule has 3 N–H and O–H groups in total. The van der Waals surface area contributed by atoms with Crippen molar-refractivity contribution in [3.05, 3.63) is 36.5 Å². The van der Waals surface area contributed by atoms with Crippen LogP contribution in [0.3, 0.4) is 0 Å². The number of phosphoric ester groups is 1. The highest BCUT2D eigenvalue weighted by Crippen LogP contribution is 2.36. The maximum atomic E-state index is 12.3. The van der Waals surface area contributed by atoms with E-state index in [-0.39, 0.29) is 19.4 Å². The Morgan fingerprint density at radius 1 is 0.660 bits per heavy atom. The average molecular weight is 687 g/mol. The third-order valence-electron chi connectivity index (χ3n) is 7.75. The minimum atomic E-state index is -4.76. The molecule has 0 aliphatic rings. The number of hydrogen-bond donors (Lipinski definition) is 3. The first-order valence-corrected chi connectivity index (χ1v) is 19.9. The molecule has 274 valence electrons. The summed E-state index contributed by atoms with van der Waals surface area (Å²) < 4.78 is 26.2. The van der Waals surface area contributed by atoms with Crippen molar-refractivity contribution in [2.45, 2.75) is 174 Å². The second-order valence-electron chi connectivity index (χ2n) is 12.4. The molecule has 2 atom stereocenters. The molecule has 0 saturated carbocycles. The number of hydrogen-bond acceptors (Lipinski definition) is 7. The summed E-state index contributed by atoms with van der Waals surface area (Å²) in [6, 6.07) is 0. The first-order chi connectivity index (χ1) is 22.7. The van der Waals surface area contributed by atoms with E-state index < -0.39 is 38.6 Å². The van der Waals surface area contributed by atoms with Crippen molar-refractivity contribution >= 4 is 19.8 Å². The maximum absolute atomic E-state index is 12.3. The molecular formula is C37H67O9P. The van der Waals surface area contributed by atoms with Gasteiger partial charge in [-0.05, 0) is 38.5 Å². The number of unbranched alkanes of at least 4 members (excludes halogenated alkanes) is 17. The monoisotopic (exact) mass is 686 g/mol. The van der Waals surface area contributed by atoms with Crippen LogP contribution in [0, 0.1) is 0 Å². The number of carbonyl (C=O) groups excluding carboxylic acids is 2. The number of rotatable bonds is 33. The third-order valence-corrected chi connectivity index (χ3v) is 8.24. The predicted molar refractivity (Wildman–Crippen MR) is 190 cm³/mol. The Bertz CT molecular complexity index is 881. The van der Waals surface area contributed by atoms with Gasteiger partial charge in [0, 0.05) is 12.8 Å². The number of allylic oxidation sites excluding steroid dienone is 4. The first-order valence-electron chi connectivity index (χ1n) is 18.4. The Kier molecular flexibility index (Phi) is 31.5. The molecule has 0 rings (SSSR count). The third kappa shape index (κ3) is 35.4. The van der Waals surface area contributed by atoms with E-state index in [1.165, 1.54) is 57.8 Å². The zero-order valence-electron chi connectivity index (χ0n) is 29.5. The molecule has 0 radical (unpaired) electrons. The summed E-state index contributed by atoms with van der Waals surface area (Å²) in [6.07, 6.45) is 33.4. The summed E-state index contributed by atoms with van der Waals surface area (Å²) >= 11 is 0. The number of esters is 2. The molecule has 9 nitrogen and oxygen atoms in total. The van der Waals surface area contributed by atoms with E-state index in [4.69, 9.17) is 19.3 Å². The van der Waals surface area contributed by atoms with E-state index in [1.807, 2.05) is 24.3 Å². The molecule has 0 aromatic carbocycles. The molecule has 0 heterocycles. The van der Waals surface area contributed by atoms with Crippen LogP contribution in [0.1, 0.15) is 162 Å². The van der Waals surface area contributed by atoms with E-state index in [2.05, 4.69) is 24.4 Å². The fraction of sp³-hybridized carbons (Fsp3) is 0.784. The standard InChI is InChI=1S/C37H67O9P/c1-3-5-7-8-9-10-11-12-13-16-20-23-27-31-37(40)46-35(33-45-47(41,42)43)32-44-36(39)30-26-22-19-17-14-15-18-21-25-29-34(38)28-24-6-4-2/h6,18,21,24-25,29,34-35,38H,3-5,7-17,19-20,22-23,26-28,30-33H2,1-2H3,(H2,41,42,43)/b21-18+,24-6+,29-25+/t34?,35-/m1/s1. The molecular weight excluding hydrogens is 619 g/mol. The van der Waals surface area contributed by atoms with Gasteiger partial charge in [-0.2, -0.15) is 0 Å². The number of carbonyl (C=O) groups is 2. The van der Waals surface area contributed by atoms with Gasteiger partial charge in [-0.25, -0.2) is 4.57 Å². The van der Waals surface area contributed by atoms with Crippen LogP contribution in [-0.4, -0.2) is 52.3 Å². The number of aliphatic hydroxyl groups is 1. The molecule has 0 fully saturated rings. The Hall–Kier alpha value is -1.77. The maximum Gasteiger partial charge on any atom is 0.469 e. The minimum absolute atomic E-state index is 0.199. The van der Waals surface area contributed by atoms with Crippen molar-refractivity contribution in [3.8, 4) is 0 Å². The van der Waals surface area contributed by atoms with Crippen LogP contribution in [0.4, 0.5) is 0 Å². The topological polar surface area (TPSA) is 140 Å². The molecule has 0 amide bonds. The lowest BCUT2D eigenvalue weighted by Crippen LogP contribution is -2.29. The molecule has 0 saturated heterocycles. The van der Waals surface area contributed by atoms with Crippen molar-refractivity contribution < 1.29 is 43.0 Å². The van der Waals surface area contributed by atoms with Gasteiger partial charge in [-0.1, -0.05) is 147 Å². The second kappa shape index (κ2) is 32.8. The van der Waals surface area contributed by atoms with Gasteiger partial charge in [0.15, 0.2) is 6.10 Å². The van der Waals surface area contributed by atoms with Gasteiger partial charge in [-0.15, -0.1) is 0 Å². The molecule has 0 aromatic heterocycles. The Labute approximate surface area is 285 Å². The van der Waals surface area contributed by atoms with Crippen molar-refractivity contribution in [2.75, 3.05) is 13.2 Å². The first kappa shape index (κ1) is 45.2. The Morgan fingerprint density at radius 3 is 1.74 bits per heavy atom. The van der Waals surface area contributed by atoms with Crippen molar-refractivity contribution in [1.29, 1.82) is 0 Å². The van der Waals surface area contributed by atoms with Gasteiger partial charge in [0.25, 0.3) is 0 Å². The highest BCUT2D eigenvalue weighted by atomic mass is 31.2. The van der Waals surface area contributed by atoms with Gasteiger partial charge in [0.05, 0.1) is 12.7 Å². The second-order valence-corrected chi connectivity index (χ2v) is 13.6. The summed E-state index contributed by atoms with van der Waals surface area (Å²) in [7, 11) is -4.76. The van der Waals surface area contributed by atoms with E-state index in [9.17, 15) is 19.3 Å². The molecule has 10 heteroatoms. The van der Waals surface area contributed by atoms with Gasteiger partial charge in [-0.3, -0.25) is 14.1 Å². The van der Waals surface area contributed by atoms with Crippen LogP contribution in [0.5, 0.6) is 0 Å². The number of aliphatic hydroxyl groups excluding tert-OH is 1. The lowest BCUT2D eigenvalue weighted by molar-refractivity contribution is -0.161. The average Bonchev–Trinajstić information content (AvgIpc) is 3.03. The van der Waals surface area contributed by atoms with Crippen LogP contribution >= 0.6 is 7.82 Å². The van der Waals surface area contributed by atoms with Crippen LogP contribution < -0.4 is 0 Å². The Balaban J connectivity index is 4.04. The predicted octanol–water partition coefficient (Wildman–Crippen LogP) is 9.59. The minimum Gasteiger partial charge on any atom is -0.462 e. The summed E-state index contributed by atoms with van der Waals surface area (Å²) in [5, 5.41) is 9.82. The van der Waals surface area contributed by atoms with E-state index >= 15 is 0 Å². The van der Waals surface area contributed by atoms with Crippen LogP contribution in [0.25, 0.3) is 0 Å². The number of phosphoric acid groups is 1. The van der Waals surface area contributed by atoms with Gasteiger partial charge < -0.3 is 24.4 Å². The molecule has 47 heavy (non-hydrogen) atoms. The molecule has 0 aliphatic heterocycles. The van der Waals surface area contributed by atoms with Crippen LogP contribution in [0.15, 0.2) is 36.5 Å². The quantitative estimate of drug-likeness (QED) is 0.0202. The fourth-order valence-corrected chi connectivity index (χ4v) is 5.36. The smallest absolute Gasteiger partial charge is 0.462 e. The molecule has 0 aromatic rings. The van der Waals surface area contributed by atoms with Crippen LogP contribution in [0.2, 0.25) is 0 Å². The summed E-state index contributed by atoms with van der Waals surface area (Å²) in [5.74, 6) is -0.937. The van der Waals surface area contributed by atoms with E-state index in [0.717, 1.165) is 57.8 Å². The zero-order chi connectivity index (χ0) is 34.9. The largest absolute Gasteiger partial charge is 0.469 e. The molecule has 0 spiro atoms. The summed E-state index contributed by atoms with van der Waals surface area (Å²) in [5.41, 5.74) is 0. The Morgan fingerprint density at radius 2 is 1.19 bits per heavy atom. The summed E-state index contributed by atoms with van der Waals surface area (Å²) in [4.78, 5) is 42.6. The highest BCUT2D eigenvalue weighted by Gasteiger charge is 2.22.